The number of hydrogen-bond donors (Lipinski definition) is 1. The van der Waals surface area contributed by atoms with Crippen LogP contribution in [0.4, 0.5) is 5.13 Å². The molecule has 1 aliphatic heterocycles. The molecule has 4 rings (SSSR count). The summed E-state index contributed by atoms with van der Waals surface area (Å²) in [4.78, 5) is 19.4. The Morgan fingerprint density at radius 3 is 2.89 bits per heavy atom. The Kier molecular flexibility index (Phi) is 4.98. The number of ether oxygens (including phenoxy) is 1. The molecule has 0 unspecified atom stereocenters. The number of fused-ring (bicyclic) bond motifs is 1. The van der Waals surface area contributed by atoms with Gasteiger partial charge in [0.05, 0.1) is 23.1 Å². The molecule has 1 saturated heterocycles. The smallest absolute Gasteiger partial charge is 0.254 e. The fraction of sp³-hybridized carbons (Fsp3) is 0.421. The van der Waals surface area contributed by atoms with E-state index in [9.17, 15) is 4.79 Å². The predicted molar refractivity (Wildman–Crippen MR) is 107 cm³/mol. The summed E-state index contributed by atoms with van der Waals surface area (Å²) in [5.41, 5.74) is 1.54. The van der Waals surface area contributed by atoms with Crippen LogP contribution in [0, 0.1) is 0 Å². The van der Waals surface area contributed by atoms with Gasteiger partial charge in [0.1, 0.15) is 11.3 Å². The lowest BCUT2D eigenvalue weighted by molar-refractivity contribution is 0.0931. The number of benzene rings is 1. The molecule has 1 aromatic carbocycles. The molecular formula is C19H23N5O2S. The van der Waals surface area contributed by atoms with Crippen molar-refractivity contribution >= 4 is 32.6 Å². The van der Waals surface area contributed by atoms with Gasteiger partial charge in [-0.1, -0.05) is 17.4 Å². The van der Waals surface area contributed by atoms with Gasteiger partial charge in [0.15, 0.2) is 5.13 Å². The van der Waals surface area contributed by atoms with Gasteiger partial charge >= 0.3 is 0 Å². The van der Waals surface area contributed by atoms with E-state index in [2.05, 4.69) is 21.4 Å². The number of amides is 1. The molecule has 1 aliphatic rings. The first kappa shape index (κ1) is 17.8. The highest BCUT2D eigenvalue weighted by Gasteiger charge is 2.24. The number of piperidine rings is 1. The Bertz CT molecular complexity index is 943. The fourth-order valence-electron chi connectivity index (χ4n) is 3.34. The van der Waals surface area contributed by atoms with Gasteiger partial charge in [-0.2, -0.15) is 5.10 Å². The summed E-state index contributed by atoms with van der Waals surface area (Å²) in [7, 11) is 1.81. The number of hydrogen-bond acceptors (Lipinski definition) is 6. The number of carbonyl (C=O) groups is 1. The van der Waals surface area contributed by atoms with Gasteiger partial charge in [-0.25, -0.2) is 4.98 Å². The first-order valence-electron chi connectivity index (χ1n) is 9.21. The maximum atomic E-state index is 12.3. The second kappa shape index (κ2) is 7.56. The van der Waals surface area contributed by atoms with Crippen molar-refractivity contribution in [3.05, 3.63) is 36.2 Å². The quantitative estimate of drug-likeness (QED) is 0.731. The van der Waals surface area contributed by atoms with Crippen molar-refractivity contribution in [2.24, 2.45) is 7.05 Å². The number of nitrogens with zero attached hydrogens (tertiary/aromatic N) is 4. The number of nitrogens with one attached hydrogen (secondary N) is 1. The number of rotatable bonds is 5. The van der Waals surface area contributed by atoms with Gasteiger partial charge in [0.2, 0.25) is 0 Å². The monoisotopic (exact) mass is 385 g/mol. The number of anilines is 1. The Hall–Kier alpha value is -2.61. The highest BCUT2D eigenvalue weighted by molar-refractivity contribution is 7.22. The molecule has 0 atom stereocenters. The second-order valence-electron chi connectivity index (χ2n) is 6.67. The van der Waals surface area contributed by atoms with E-state index in [0.717, 1.165) is 47.0 Å². The summed E-state index contributed by atoms with van der Waals surface area (Å²) in [6.45, 7) is 4.37. The van der Waals surface area contributed by atoms with Crippen molar-refractivity contribution in [2.45, 2.75) is 25.8 Å². The topological polar surface area (TPSA) is 72.3 Å². The first-order chi connectivity index (χ1) is 13.1. The largest absolute Gasteiger partial charge is 0.492 e. The maximum Gasteiger partial charge on any atom is 0.254 e. The van der Waals surface area contributed by atoms with Crippen molar-refractivity contribution in [2.75, 3.05) is 24.6 Å². The van der Waals surface area contributed by atoms with Gasteiger partial charge in [-0.3, -0.25) is 9.48 Å². The Labute approximate surface area is 162 Å². The van der Waals surface area contributed by atoms with Crippen molar-refractivity contribution in [3.8, 4) is 5.75 Å². The van der Waals surface area contributed by atoms with Gasteiger partial charge in [0, 0.05) is 32.4 Å². The van der Waals surface area contributed by atoms with E-state index in [0.29, 0.717) is 12.2 Å². The third-order valence-corrected chi connectivity index (χ3v) is 5.82. The second-order valence-corrected chi connectivity index (χ2v) is 7.68. The number of aromatic nitrogens is 3. The predicted octanol–water partition coefficient (Wildman–Crippen LogP) is 2.83. The minimum atomic E-state index is -0.0529. The molecule has 0 spiro atoms. The van der Waals surface area contributed by atoms with Crippen LogP contribution in [-0.2, 0) is 7.05 Å². The summed E-state index contributed by atoms with van der Waals surface area (Å²) < 4.78 is 8.48. The Morgan fingerprint density at radius 2 is 2.19 bits per heavy atom. The first-order valence-corrected chi connectivity index (χ1v) is 10.0. The number of thiazole rings is 1. The lowest BCUT2D eigenvalue weighted by Crippen LogP contribution is -2.44. The van der Waals surface area contributed by atoms with E-state index in [1.807, 2.05) is 26.1 Å². The van der Waals surface area contributed by atoms with E-state index in [1.54, 1.807) is 28.4 Å². The zero-order valence-electron chi connectivity index (χ0n) is 15.5. The van der Waals surface area contributed by atoms with Gasteiger partial charge in [0.25, 0.3) is 5.91 Å². The van der Waals surface area contributed by atoms with Crippen LogP contribution >= 0.6 is 11.3 Å². The normalized spacial score (nSPS) is 15.3. The maximum absolute atomic E-state index is 12.3. The average Bonchev–Trinajstić information content (AvgIpc) is 3.29. The summed E-state index contributed by atoms with van der Waals surface area (Å²) in [6, 6.07) is 6.24. The van der Waals surface area contributed by atoms with Crippen LogP contribution in [-0.4, -0.2) is 46.4 Å². The molecule has 0 aliphatic carbocycles. The van der Waals surface area contributed by atoms with Gasteiger partial charge in [-0.15, -0.1) is 0 Å². The van der Waals surface area contributed by atoms with Crippen LogP contribution in [0.2, 0.25) is 0 Å². The van der Waals surface area contributed by atoms with E-state index < -0.39 is 0 Å². The van der Waals surface area contributed by atoms with Gasteiger partial charge < -0.3 is 15.0 Å². The molecule has 0 radical (unpaired) electrons. The summed E-state index contributed by atoms with van der Waals surface area (Å²) in [5, 5.41) is 8.19. The molecule has 8 heteroatoms. The lowest BCUT2D eigenvalue weighted by Gasteiger charge is -2.32. The van der Waals surface area contributed by atoms with Crippen molar-refractivity contribution < 1.29 is 9.53 Å². The SMILES string of the molecule is CCOc1cccc2sc(N3CCC(NC(=O)c4cnn(C)c4)CC3)nc12. The third kappa shape index (κ3) is 3.75. The van der Waals surface area contributed by atoms with E-state index in [4.69, 9.17) is 9.72 Å². The Morgan fingerprint density at radius 1 is 1.37 bits per heavy atom. The standard InChI is InChI=1S/C19H23N5O2S/c1-3-26-15-5-4-6-16-17(15)22-19(27-16)24-9-7-14(8-10-24)21-18(25)13-11-20-23(2)12-13/h4-6,11-12,14H,3,7-10H2,1-2H3,(H,21,25). The van der Waals surface area contributed by atoms with Crippen LogP contribution in [0.15, 0.2) is 30.6 Å². The molecular weight excluding hydrogens is 362 g/mol. The molecule has 1 N–H and O–H groups in total. The average molecular weight is 385 g/mol. The van der Waals surface area contributed by atoms with Crippen molar-refractivity contribution in [1.29, 1.82) is 0 Å². The number of aryl methyl sites for hydroxylation is 1. The zero-order chi connectivity index (χ0) is 18.8. The summed E-state index contributed by atoms with van der Waals surface area (Å²) in [6.07, 6.45) is 5.14. The minimum Gasteiger partial charge on any atom is -0.492 e. The van der Waals surface area contributed by atoms with E-state index in [-0.39, 0.29) is 11.9 Å². The molecule has 1 amide bonds. The molecule has 3 heterocycles. The molecule has 0 bridgehead atoms. The van der Waals surface area contributed by atoms with Crippen LogP contribution in [0.25, 0.3) is 10.2 Å². The Balaban J connectivity index is 1.40. The molecule has 3 aromatic rings. The fourth-order valence-corrected chi connectivity index (χ4v) is 4.38. The summed E-state index contributed by atoms with van der Waals surface area (Å²) in [5.74, 6) is 0.791. The van der Waals surface area contributed by atoms with Crippen LogP contribution in [0.1, 0.15) is 30.1 Å². The van der Waals surface area contributed by atoms with E-state index in [1.165, 1.54) is 0 Å². The third-order valence-electron chi connectivity index (χ3n) is 4.74. The van der Waals surface area contributed by atoms with Crippen molar-refractivity contribution in [1.82, 2.24) is 20.1 Å². The van der Waals surface area contributed by atoms with Crippen molar-refractivity contribution in [3.63, 3.8) is 0 Å². The zero-order valence-corrected chi connectivity index (χ0v) is 16.3. The molecule has 2 aromatic heterocycles. The summed E-state index contributed by atoms with van der Waals surface area (Å²) >= 11 is 1.70. The molecule has 0 saturated carbocycles. The highest BCUT2D eigenvalue weighted by atomic mass is 32.1. The number of carbonyl (C=O) groups excluding carboxylic acids is 1. The molecule has 7 nitrogen and oxygen atoms in total. The highest BCUT2D eigenvalue weighted by Crippen LogP contribution is 2.35. The van der Waals surface area contributed by atoms with Crippen LogP contribution in [0.3, 0.4) is 0 Å². The number of para-hydroxylation sites is 1. The lowest BCUT2D eigenvalue weighted by atomic mass is 10.1. The van der Waals surface area contributed by atoms with E-state index >= 15 is 0 Å². The molecule has 27 heavy (non-hydrogen) atoms. The van der Waals surface area contributed by atoms with Gasteiger partial charge in [-0.05, 0) is 31.9 Å². The van der Waals surface area contributed by atoms with Crippen LogP contribution in [0.5, 0.6) is 5.75 Å². The molecule has 1 fully saturated rings. The molecule has 142 valence electrons. The van der Waals surface area contributed by atoms with Crippen LogP contribution < -0.4 is 15.0 Å². The minimum absolute atomic E-state index is 0.0529.